The molecule has 16 heavy (non-hydrogen) atoms. The molecule has 0 aliphatic carbocycles. The summed E-state index contributed by atoms with van der Waals surface area (Å²) in [6.45, 7) is 5.05. The van der Waals surface area contributed by atoms with Gasteiger partial charge in [0.2, 0.25) is 0 Å². The van der Waals surface area contributed by atoms with E-state index in [9.17, 15) is 4.79 Å². The zero-order valence-electron chi connectivity index (χ0n) is 9.89. The molecule has 0 saturated carbocycles. The van der Waals surface area contributed by atoms with Crippen molar-refractivity contribution in [3.8, 4) is 0 Å². The summed E-state index contributed by atoms with van der Waals surface area (Å²) in [6.07, 6.45) is -0.888. The van der Waals surface area contributed by atoms with Crippen LogP contribution in [-0.4, -0.2) is 66.8 Å². The zero-order chi connectivity index (χ0) is 12.4. The van der Waals surface area contributed by atoms with Crippen molar-refractivity contribution in [1.29, 1.82) is 0 Å². The molecule has 0 bridgehead atoms. The van der Waals surface area contributed by atoms with Crippen molar-refractivity contribution >= 4 is 6.16 Å². The average molecular weight is 235 g/mol. The summed E-state index contributed by atoms with van der Waals surface area (Å²) in [5, 5.41) is 17.5. The van der Waals surface area contributed by atoms with Crippen LogP contribution >= 0.6 is 0 Å². The summed E-state index contributed by atoms with van der Waals surface area (Å²) in [7, 11) is 0. The van der Waals surface area contributed by atoms with Crippen LogP contribution in [0.3, 0.4) is 0 Å². The molecule has 6 heteroatoms. The van der Waals surface area contributed by atoms with Gasteiger partial charge >= 0.3 is 6.16 Å². The molecular formula is C10H21NO5. The van der Waals surface area contributed by atoms with Crippen LogP contribution in [0.2, 0.25) is 0 Å². The number of carbonyl (C=O) groups excluding carboxylic acids is 1. The third-order valence-corrected chi connectivity index (χ3v) is 1.79. The van der Waals surface area contributed by atoms with Crippen molar-refractivity contribution < 1.29 is 24.5 Å². The third kappa shape index (κ3) is 8.46. The van der Waals surface area contributed by atoms with Crippen molar-refractivity contribution in [3.05, 3.63) is 0 Å². The fraction of sp³-hybridized carbons (Fsp3) is 0.900. The monoisotopic (exact) mass is 235 g/mol. The summed E-state index contributed by atoms with van der Waals surface area (Å²) in [6, 6.07) is 0. The Balaban J connectivity index is 3.63. The normalized spacial score (nSPS) is 10.9. The number of carbonyl (C=O) groups is 1. The van der Waals surface area contributed by atoms with Gasteiger partial charge in [0.15, 0.2) is 0 Å². The molecule has 0 aromatic heterocycles. The van der Waals surface area contributed by atoms with Crippen molar-refractivity contribution in [3.63, 3.8) is 0 Å². The minimum Gasteiger partial charge on any atom is -0.433 e. The van der Waals surface area contributed by atoms with E-state index in [4.69, 9.17) is 19.7 Å². The van der Waals surface area contributed by atoms with E-state index in [1.165, 1.54) is 0 Å². The van der Waals surface area contributed by atoms with Crippen LogP contribution in [0.1, 0.15) is 13.8 Å². The lowest BCUT2D eigenvalue weighted by Gasteiger charge is -2.19. The lowest BCUT2D eigenvalue weighted by molar-refractivity contribution is 0.0271. The number of ether oxygens (including phenoxy) is 2. The Morgan fingerprint density at radius 3 is 2.19 bits per heavy atom. The topological polar surface area (TPSA) is 79.2 Å². The maximum absolute atomic E-state index is 11.0. The predicted octanol–water partition coefficient (Wildman–Crippen LogP) is -0.165. The van der Waals surface area contributed by atoms with Gasteiger partial charge in [-0.3, -0.25) is 4.90 Å². The van der Waals surface area contributed by atoms with Crippen LogP contribution in [-0.2, 0) is 9.47 Å². The Morgan fingerprint density at radius 1 is 1.19 bits per heavy atom. The molecule has 0 spiro atoms. The first kappa shape index (κ1) is 15.2. The molecule has 0 aromatic rings. The van der Waals surface area contributed by atoms with Crippen LogP contribution in [0.25, 0.3) is 0 Å². The Bertz CT molecular complexity index is 180. The van der Waals surface area contributed by atoms with Gasteiger partial charge in [0.25, 0.3) is 0 Å². The number of nitrogens with zero attached hydrogens (tertiary/aromatic N) is 1. The molecule has 96 valence electrons. The van der Waals surface area contributed by atoms with Crippen LogP contribution in [0.15, 0.2) is 0 Å². The summed E-state index contributed by atoms with van der Waals surface area (Å²) in [5.74, 6) is 0. The molecule has 0 unspecified atom stereocenters. The van der Waals surface area contributed by atoms with Gasteiger partial charge in [0.05, 0.1) is 19.3 Å². The van der Waals surface area contributed by atoms with Gasteiger partial charge in [-0.1, -0.05) is 0 Å². The Morgan fingerprint density at radius 2 is 1.75 bits per heavy atom. The van der Waals surface area contributed by atoms with Crippen molar-refractivity contribution in [2.75, 3.05) is 39.5 Å². The summed E-state index contributed by atoms with van der Waals surface area (Å²) in [4.78, 5) is 12.8. The molecule has 0 atom stereocenters. The molecule has 0 fully saturated rings. The first-order valence-electron chi connectivity index (χ1n) is 5.37. The summed E-state index contributed by atoms with van der Waals surface area (Å²) < 4.78 is 9.58. The molecule has 0 aromatic carbocycles. The SMILES string of the molecule is CC(C)OC(=O)OCCN(CCO)CCO. The number of hydrogen-bond acceptors (Lipinski definition) is 6. The van der Waals surface area contributed by atoms with E-state index in [1.807, 2.05) is 0 Å². The molecule has 6 nitrogen and oxygen atoms in total. The van der Waals surface area contributed by atoms with Gasteiger partial charge in [-0.2, -0.15) is 0 Å². The van der Waals surface area contributed by atoms with Gasteiger partial charge < -0.3 is 19.7 Å². The third-order valence-electron chi connectivity index (χ3n) is 1.79. The van der Waals surface area contributed by atoms with E-state index < -0.39 is 6.16 Å². The van der Waals surface area contributed by atoms with Crippen LogP contribution in [0.4, 0.5) is 4.79 Å². The first-order valence-corrected chi connectivity index (χ1v) is 5.37. The quantitative estimate of drug-likeness (QED) is 0.569. The predicted molar refractivity (Wildman–Crippen MR) is 58.2 cm³/mol. The van der Waals surface area contributed by atoms with E-state index in [2.05, 4.69) is 0 Å². The Labute approximate surface area is 95.8 Å². The van der Waals surface area contributed by atoms with E-state index in [1.54, 1.807) is 18.7 Å². The van der Waals surface area contributed by atoms with Crippen molar-refractivity contribution in [2.45, 2.75) is 20.0 Å². The molecule has 0 aliphatic rings. The van der Waals surface area contributed by atoms with Crippen LogP contribution in [0, 0.1) is 0 Å². The number of rotatable bonds is 8. The molecular weight excluding hydrogens is 214 g/mol. The summed E-state index contributed by atoms with van der Waals surface area (Å²) >= 11 is 0. The van der Waals surface area contributed by atoms with Gasteiger partial charge in [-0.15, -0.1) is 0 Å². The standard InChI is InChI=1S/C10H21NO5/c1-9(2)16-10(14)15-8-5-11(3-6-12)4-7-13/h9,12-13H,3-8H2,1-2H3. The van der Waals surface area contributed by atoms with E-state index in [-0.39, 0.29) is 25.9 Å². The second kappa shape index (κ2) is 9.38. The van der Waals surface area contributed by atoms with Gasteiger partial charge in [-0.05, 0) is 13.8 Å². The van der Waals surface area contributed by atoms with Gasteiger partial charge in [0, 0.05) is 19.6 Å². The second-order valence-corrected chi connectivity index (χ2v) is 3.55. The highest BCUT2D eigenvalue weighted by molar-refractivity contribution is 5.59. The second-order valence-electron chi connectivity index (χ2n) is 3.55. The number of hydrogen-bond donors (Lipinski definition) is 2. The molecule has 0 amide bonds. The number of aliphatic hydroxyl groups is 2. The molecule has 0 rings (SSSR count). The van der Waals surface area contributed by atoms with Crippen LogP contribution in [0.5, 0.6) is 0 Å². The smallest absolute Gasteiger partial charge is 0.433 e. The maximum Gasteiger partial charge on any atom is 0.508 e. The highest BCUT2D eigenvalue weighted by atomic mass is 16.7. The molecule has 0 aliphatic heterocycles. The summed E-state index contributed by atoms with van der Waals surface area (Å²) in [5.41, 5.74) is 0. The lowest BCUT2D eigenvalue weighted by atomic mass is 10.4. The number of aliphatic hydroxyl groups excluding tert-OH is 2. The zero-order valence-corrected chi connectivity index (χ0v) is 9.89. The minimum atomic E-state index is -0.692. The van der Waals surface area contributed by atoms with Gasteiger partial charge in [-0.25, -0.2) is 4.79 Å². The van der Waals surface area contributed by atoms with E-state index in [0.29, 0.717) is 19.6 Å². The highest BCUT2D eigenvalue weighted by Crippen LogP contribution is 1.94. The van der Waals surface area contributed by atoms with E-state index >= 15 is 0 Å². The largest absolute Gasteiger partial charge is 0.508 e. The molecule has 0 heterocycles. The van der Waals surface area contributed by atoms with Crippen molar-refractivity contribution in [2.24, 2.45) is 0 Å². The fourth-order valence-electron chi connectivity index (χ4n) is 1.10. The van der Waals surface area contributed by atoms with Gasteiger partial charge in [0.1, 0.15) is 6.61 Å². The maximum atomic E-state index is 11.0. The average Bonchev–Trinajstić information content (AvgIpc) is 2.17. The minimum absolute atomic E-state index is 0.0104. The Kier molecular flexibility index (Phi) is 8.88. The fourth-order valence-corrected chi connectivity index (χ4v) is 1.10. The molecule has 0 radical (unpaired) electrons. The lowest BCUT2D eigenvalue weighted by Crippen LogP contribution is -2.33. The van der Waals surface area contributed by atoms with Crippen LogP contribution < -0.4 is 0 Å². The van der Waals surface area contributed by atoms with Crippen molar-refractivity contribution in [1.82, 2.24) is 4.90 Å². The first-order chi connectivity index (χ1) is 7.60. The molecule has 0 saturated heterocycles. The van der Waals surface area contributed by atoms with E-state index in [0.717, 1.165) is 0 Å². The Hall–Kier alpha value is -0.850. The molecule has 2 N–H and O–H groups in total. The highest BCUT2D eigenvalue weighted by Gasteiger charge is 2.08.